The van der Waals surface area contributed by atoms with Gasteiger partial charge in [0.25, 0.3) is 0 Å². The molecule has 2 aromatic rings. The van der Waals surface area contributed by atoms with Crippen LogP contribution in [0.15, 0.2) is 18.2 Å². The molecule has 138 valence electrons. The summed E-state index contributed by atoms with van der Waals surface area (Å²) in [6.45, 7) is 6.02. The summed E-state index contributed by atoms with van der Waals surface area (Å²) in [5.74, 6) is 1.59. The molecule has 1 heterocycles. The lowest BCUT2D eigenvalue weighted by Crippen LogP contribution is -2.33. The normalized spacial score (nSPS) is 12.9. The molecule has 0 aliphatic rings. The van der Waals surface area contributed by atoms with Crippen molar-refractivity contribution in [3.63, 3.8) is 0 Å². The second-order valence-corrected chi connectivity index (χ2v) is 7.06. The zero-order chi connectivity index (χ0) is 18.6. The van der Waals surface area contributed by atoms with Gasteiger partial charge >= 0.3 is 6.09 Å². The molecule has 25 heavy (non-hydrogen) atoms. The Balaban J connectivity index is 1.91. The minimum Gasteiger partial charge on any atom is -0.497 e. The Morgan fingerprint density at radius 1 is 1.40 bits per heavy atom. The molecule has 1 amide bonds. The molecule has 0 radical (unpaired) electrons. The van der Waals surface area contributed by atoms with Gasteiger partial charge in [-0.15, -0.1) is 0 Å². The van der Waals surface area contributed by atoms with Gasteiger partial charge in [-0.25, -0.2) is 9.78 Å². The van der Waals surface area contributed by atoms with Gasteiger partial charge in [0, 0.05) is 19.7 Å². The van der Waals surface area contributed by atoms with Gasteiger partial charge < -0.3 is 25.1 Å². The van der Waals surface area contributed by atoms with Crippen molar-refractivity contribution in [1.29, 1.82) is 0 Å². The molecule has 1 aromatic heterocycles. The quantitative estimate of drug-likeness (QED) is 0.783. The summed E-state index contributed by atoms with van der Waals surface area (Å²) in [4.78, 5) is 16.2. The number of imidazole rings is 1. The van der Waals surface area contributed by atoms with E-state index in [2.05, 4.69) is 10.3 Å². The largest absolute Gasteiger partial charge is 0.497 e. The number of rotatable bonds is 6. The van der Waals surface area contributed by atoms with Crippen LogP contribution in [0.2, 0.25) is 0 Å². The number of nitrogens with one attached hydrogen (secondary N) is 1. The highest BCUT2D eigenvalue weighted by atomic mass is 16.6. The number of nitrogens with two attached hydrogens (primary N) is 1. The SMILES string of the molecule is COc1ccc2c(c1)nc([C@@H](N)CCCNC(=O)OC(C)(C)C)n2C. The molecule has 3 N–H and O–H groups in total. The van der Waals surface area contributed by atoms with E-state index in [0.29, 0.717) is 13.0 Å². The molecule has 2 rings (SSSR count). The summed E-state index contributed by atoms with van der Waals surface area (Å²) in [7, 11) is 3.59. The van der Waals surface area contributed by atoms with Crippen LogP contribution in [0.1, 0.15) is 45.5 Å². The van der Waals surface area contributed by atoms with E-state index in [0.717, 1.165) is 29.0 Å². The van der Waals surface area contributed by atoms with Crippen molar-refractivity contribution < 1.29 is 14.3 Å². The van der Waals surface area contributed by atoms with E-state index < -0.39 is 11.7 Å². The number of carbonyl (C=O) groups is 1. The maximum absolute atomic E-state index is 11.6. The Morgan fingerprint density at radius 2 is 2.12 bits per heavy atom. The first-order chi connectivity index (χ1) is 11.7. The van der Waals surface area contributed by atoms with Crippen molar-refractivity contribution in [3.8, 4) is 5.75 Å². The molecule has 0 fully saturated rings. The zero-order valence-electron chi connectivity index (χ0n) is 15.6. The van der Waals surface area contributed by atoms with Crippen LogP contribution in [0.25, 0.3) is 11.0 Å². The maximum atomic E-state index is 11.6. The predicted molar refractivity (Wildman–Crippen MR) is 97.7 cm³/mol. The number of carbonyl (C=O) groups excluding carboxylic acids is 1. The number of ether oxygens (including phenoxy) is 2. The van der Waals surface area contributed by atoms with Crippen LogP contribution in [-0.4, -0.2) is 34.9 Å². The molecular weight excluding hydrogens is 320 g/mol. The summed E-state index contributed by atoms with van der Waals surface area (Å²) < 4.78 is 12.4. The van der Waals surface area contributed by atoms with Gasteiger partial charge in [-0.2, -0.15) is 0 Å². The molecule has 0 saturated carbocycles. The van der Waals surface area contributed by atoms with E-state index in [-0.39, 0.29) is 6.04 Å². The first-order valence-electron chi connectivity index (χ1n) is 8.44. The van der Waals surface area contributed by atoms with Crippen molar-refractivity contribution >= 4 is 17.1 Å². The van der Waals surface area contributed by atoms with Crippen molar-refractivity contribution in [2.24, 2.45) is 12.8 Å². The Morgan fingerprint density at radius 3 is 2.76 bits per heavy atom. The van der Waals surface area contributed by atoms with Crippen LogP contribution < -0.4 is 15.8 Å². The number of methoxy groups -OCH3 is 1. The van der Waals surface area contributed by atoms with Crippen molar-refractivity contribution in [3.05, 3.63) is 24.0 Å². The molecule has 0 aliphatic heterocycles. The van der Waals surface area contributed by atoms with Crippen molar-refractivity contribution in [1.82, 2.24) is 14.9 Å². The zero-order valence-corrected chi connectivity index (χ0v) is 15.6. The lowest BCUT2D eigenvalue weighted by Gasteiger charge is -2.19. The van der Waals surface area contributed by atoms with E-state index >= 15 is 0 Å². The van der Waals surface area contributed by atoms with Crippen molar-refractivity contribution in [2.75, 3.05) is 13.7 Å². The highest BCUT2D eigenvalue weighted by Gasteiger charge is 2.17. The molecule has 0 aliphatic carbocycles. The third-order valence-electron chi connectivity index (χ3n) is 3.81. The van der Waals surface area contributed by atoms with Crippen LogP contribution in [0.3, 0.4) is 0 Å². The highest BCUT2D eigenvalue weighted by molar-refractivity contribution is 5.77. The van der Waals surface area contributed by atoms with Gasteiger partial charge in [0.1, 0.15) is 17.2 Å². The summed E-state index contributed by atoms with van der Waals surface area (Å²) in [6, 6.07) is 5.57. The Kier molecular flexibility index (Phi) is 5.89. The number of aryl methyl sites for hydroxylation is 1. The maximum Gasteiger partial charge on any atom is 0.407 e. The van der Waals surface area contributed by atoms with E-state index in [1.54, 1.807) is 7.11 Å². The number of benzene rings is 1. The summed E-state index contributed by atoms with van der Waals surface area (Å²) in [6.07, 6.45) is 1.05. The summed E-state index contributed by atoms with van der Waals surface area (Å²) in [5, 5.41) is 2.74. The van der Waals surface area contributed by atoms with Crippen LogP contribution >= 0.6 is 0 Å². The fraction of sp³-hybridized carbons (Fsp3) is 0.556. The number of alkyl carbamates (subject to hydrolysis) is 1. The van der Waals surface area contributed by atoms with E-state index in [1.807, 2.05) is 50.6 Å². The van der Waals surface area contributed by atoms with Crippen LogP contribution in [0.4, 0.5) is 4.79 Å². The Hall–Kier alpha value is -2.28. The lowest BCUT2D eigenvalue weighted by atomic mass is 10.1. The Bertz CT molecular complexity index is 734. The number of aromatic nitrogens is 2. The first kappa shape index (κ1) is 19.1. The summed E-state index contributed by atoms with van der Waals surface area (Å²) in [5.41, 5.74) is 7.67. The molecule has 0 spiro atoms. The van der Waals surface area contributed by atoms with Gasteiger partial charge in [-0.1, -0.05) is 0 Å². The average molecular weight is 348 g/mol. The van der Waals surface area contributed by atoms with E-state index in [9.17, 15) is 4.79 Å². The van der Waals surface area contributed by atoms with Gasteiger partial charge in [0.2, 0.25) is 0 Å². The van der Waals surface area contributed by atoms with Crippen LogP contribution in [0, 0.1) is 0 Å². The second kappa shape index (κ2) is 7.74. The minimum absolute atomic E-state index is 0.205. The smallest absolute Gasteiger partial charge is 0.407 e. The average Bonchev–Trinajstić information content (AvgIpc) is 2.86. The highest BCUT2D eigenvalue weighted by Crippen LogP contribution is 2.24. The summed E-state index contributed by atoms with van der Waals surface area (Å²) >= 11 is 0. The predicted octanol–water partition coefficient (Wildman–Crippen LogP) is 2.89. The molecular formula is C18H28N4O3. The number of hydrogen-bond acceptors (Lipinski definition) is 5. The van der Waals surface area contributed by atoms with Crippen LogP contribution in [-0.2, 0) is 11.8 Å². The fourth-order valence-electron chi connectivity index (χ4n) is 2.61. The molecule has 7 heteroatoms. The molecule has 1 atom stereocenters. The van der Waals surface area contributed by atoms with Crippen LogP contribution in [0.5, 0.6) is 5.75 Å². The molecule has 0 bridgehead atoms. The Labute approximate surface area is 148 Å². The van der Waals surface area contributed by atoms with Gasteiger partial charge in [0.15, 0.2) is 0 Å². The fourth-order valence-corrected chi connectivity index (χ4v) is 2.61. The number of hydrogen-bond donors (Lipinski definition) is 2. The topological polar surface area (TPSA) is 91.4 Å². The molecule has 0 saturated heterocycles. The second-order valence-electron chi connectivity index (χ2n) is 7.06. The van der Waals surface area contributed by atoms with E-state index in [4.69, 9.17) is 15.2 Å². The van der Waals surface area contributed by atoms with Crippen molar-refractivity contribution in [2.45, 2.75) is 45.3 Å². The van der Waals surface area contributed by atoms with E-state index in [1.165, 1.54) is 0 Å². The number of amides is 1. The lowest BCUT2D eigenvalue weighted by molar-refractivity contribution is 0.0526. The first-order valence-corrected chi connectivity index (χ1v) is 8.44. The van der Waals surface area contributed by atoms with Gasteiger partial charge in [0.05, 0.1) is 24.2 Å². The monoisotopic (exact) mass is 348 g/mol. The molecule has 7 nitrogen and oxygen atoms in total. The minimum atomic E-state index is -0.491. The number of nitrogens with zero attached hydrogens (tertiary/aromatic N) is 2. The van der Waals surface area contributed by atoms with Gasteiger partial charge in [-0.3, -0.25) is 0 Å². The third kappa shape index (κ3) is 5.09. The molecule has 1 aromatic carbocycles. The third-order valence-corrected chi connectivity index (χ3v) is 3.81. The number of fused-ring (bicyclic) bond motifs is 1. The molecule has 0 unspecified atom stereocenters. The van der Waals surface area contributed by atoms with Gasteiger partial charge in [-0.05, 0) is 45.7 Å². The standard InChI is InChI=1S/C18H28N4O3/c1-18(2,3)25-17(23)20-10-6-7-13(19)16-21-14-11-12(24-5)8-9-15(14)22(16)4/h8-9,11,13H,6-7,10,19H2,1-5H3,(H,20,23)/t13-/m0/s1.